The summed E-state index contributed by atoms with van der Waals surface area (Å²) in [6.45, 7) is 11.4. The molecule has 1 spiro atoms. The first-order valence-corrected chi connectivity index (χ1v) is 13.2. The van der Waals surface area contributed by atoms with Gasteiger partial charge in [-0.2, -0.15) is 5.10 Å². The third-order valence-corrected chi connectivity index (χ3v) is 9.01. The number of likely N-dealkylation sites (tertiary alicyclic amines) is 1. The topological polar surface area (TPSA) is 81.2 Å². The Morgan fingerprint density at radius 3 is 2.88 bits per heavy atom. The Balaban J connectivity index is 1.24. The number of hydrogen-bond donors (Lipinski definition) is 1. The molecule has 1 fully saturated rings. The molecule has 3 aromatic heterocycles. The monoisotopic (exact) mass is 484 g/mol. The van der Waals surface area contributed by atoms with Gasteiger partial charge in [-0.3, -0.25) is 9.58 Å². The summed E-state index contributed by atoms with van der Waals surface area (Å²) in [6, 6.07) is 2.80. The number of aliphatic hydroxyl groups excluding tert-OH is 1. The van der Waals surface area contributed by atoms with Crippen LogP contribution in [-0.4, -0.2) is 54.0 Å². The summed E-state index contributed by atoms with van der Waals surface area (Å²) in [7, 11) is 1.90. The van der Waals surface area contributed by atoms with E-state index in [1.807, 2.05) is 43.1 Å². The third kappa shape index (κ3) is 4.23. The van der Waals surface area contributed by atoms with Crippen molar-refractivity contribution in [2.75, 3.05) is 13.2 Å². The van der Waals surface area contributed by atoms with Gasteiger partial charge in [-0.15, -0.1) is 16.4 Å². The van der Waals surface area contributed by atoms with Gasteiger partial charge in [0.1, 0.15) is 6.10 Å². The van der Waals surface area contributed by atoms with E-state index in [2.05, 4.69) is 40.2 Å². The van der Waals surface area contributed by atoms with Crippen LogP contribution in [0.4, 0.5) is 0 Å². The summed E-state index contributed by atoms with van der Waals surface area (Å²) in [5.41, 5.74) is 4.96. The number of aromatic nitrogens is 5. The van der Waals surface area contributed by atoms with Gasteiger partial charge in [-0.05, 0) is 51.7 Å². The van der Waals surface area contributed by atoms with E-state index in [1.165, 1.54) is 15.3 Å². The summed E-state index contributed by atoms with van der Waals surface area (Å²) in [5.74, 6) is 0. The summed E-state index contributed by atoms with van der Waals surface area (Å²) < 4.78 is 10.0. The molecule has 0 saturated carbocycles. The van der Waals surface area contributed by atoms with Crippen LogP contribution in [0.5, 0.6) is 0 Å². The van der Waals surface area contributed by atoms with Crippen molar-refractivity contribution < 1.29 is 9.84 Å². The lowest BCUT2D eigenvalue weighted by Crippen LogP contribution is -2.50. The predicted octanol–water partition coefficient (Wildman–Crippen LogP) is 3.44. The highest BCUT2D eigenvalue weighted by Crippen LogP contribution is 2.46. The zero-order valence-corrected chi connectivity index (χ0v) is 21.7. The van der Waals surface area contributed by atoms with Gasteiger partial charge in [-0.25, -0.2) is 4.68 Å². The Kier molecular flexibility index (Phi) is 6.39. The molecule has 3 atom stereocenters. The first-order chi connectivity index (χ1) is 16.3. The summed E-state index contributed by atoms with van der Waals surface area (Å²) >= 11 is 1.98. The van der Waals surface area contributed by atoms with E-state index in [0.29, 0.717) is 12.6 Å². The highest BCUT2D eigenvalue weighted by Gasteiger charge is 2.44. The fourth-order valence-corrected chi connectivity index (χ4v) is 6.94. The third-order valence-electron chi connectivity index (χ3n) is 7.67. The largest absolute Gasteiger partial charge is 0.386 e. The number of ether oxygens (including phenoxy) is 1. The van der Waals surface area contributed by atoms with E-state index >= 15 is 0 Å². The summed E-state index contributed by atoms with van der Waals surface area (Å²) in [5, 5.41) is 23.9. The van der Waals surface area contributed by atoms with Gasteiger partial charge in [0.05, 0.1) is 30.1 Å². The maximum atomic E-state index is 10.8. The summed E-state index contributed by atoms with van der Waals surface area (Å²) in [4.78, 5) is 5.49. The number of hydrogen-bond acceptors (Lipinski definition) is 7. The minimum absolute atomic E-state index is 0.130. The van der Waals surface area contributed by atoms with Gasteiger partial charge in [-0.1, -0.05) is 12.1 Å². The first kappa shape index (κ1) is 23.7. The molecule has 0 aliphatic carbocycles. The highest BCUT2D eigenvalue weighted by atomic mass is 32.1. The normalized spacial score (nSPS) is 24.0. The predicted molar refractivity (Wildman–Crippen MR) is 132 cm³/mol. The second kappa shape index (κ2) is 9.18. The van der Waals surface area contributed by atoms with Crippen molar-refractivity contribution in [2.24, 2.45) is 7.05 Å². The number of aryl methyl sites for hydroxylation is 3. The van der Waals surface area contributed by atoms with Crippen LogP contribution in [0.2, 0.25) is 0 Å². The van der Waals surface area contributed by atoms with Crippen molar-refractivity contribution in [3.8, 4) is 0 Å². The minimum Gasteiger partial charge on any atom is -0.386 e. The van der Waals surface area contributed by atoms with Crippen molar-refractivity contribution in [1.82, 2.24) is 29.7 Å². The number of thiophene rings is 1. The number of fused-ring (bicyclic) bond motifs is 2. The van der Waals surface area contributed by atoms with Crippen LogP contribution in [0.15, 0.2) is 12.3 Å². The molecule has 2 aliphatic heterocycles. The molecule has 9 heteroatoms. The number of nitrogens with zero attached hydrogens (tertiary/aromatic N) is 6. The average Bonchev–Trinajstić information content (AvgIpc) is 3.49. The van der Waals surface area contributed by atoms with Gasteiger partial charge in [0, 0.05) is 59.8 Å². The molecule has 0 bridgehead atoms. The Bertz CT molecular complexity index is 1170. The molecule has 0 radical (unpaired) electrons. The lowest BCUT2D eigenvalue weighted by molar-refractivity contribution is -0.112. The van der Waals surface area contributed by atoms with Crippen LogP contribution in [0.25, 0.3) is 0 Å². The lowest BCUT2D eigenvalue weighted by Gasteiger charge is -2.47. The number of aliphatic hydroxyl groups is 1. The molecule has 0 aromatic carbocycles. The average molecular weight is 485 g/mol. The quantitative estimate of drug-likeness (QED) is 0.577. The van der Waals surface area contributed by atoms with Crippen LogP contribution in [-0.2, 0) is 43.3 Å². The zero-order chi connectivity index (χ0) is 24.0. The Hall–Kier alpha value is -2.07. The van der Waals surface area contributed by atoms with Crippen molar-refractivity contribution in [1.29, 1.82) is 0 Å². The second-order valence-corrected chi connectivity index (χ2v) is 11.1. The molecule has 2 aliphatic rings. The van der Waals surface area contributed by atoms with Gasteiger partial charge in [0.2, 0.25) is 0 Å². The molecular formula is C25H36N6O2S. The fourth-order valence-electron chi connectivity index (χ4n) is 5.76. The highest BCUT2D eigenvalue weighted by molar-refractivity contribution is 7.12. The molecule has 1 N–H and O–H groups in total. The molecule has 5 rings (SSSR count). The van der Waals surface area contributed by atoms with E-state index < -0.39 is 6.10 Å². The molecule has 0 amide bonds. The van der Waals surface area contributed by atoms with Gasteiger partial charge >= 0.3 is 0 Å². The van der Waals surface area contributed by atoms with E-state index in [1.54, 1.807) is 4.68 Å². The van der Waals surface area contributed by atoms with Crippen molar-refractivity contribution in [3.63, 3.8) is 0 Å². The smallest absolute Gasteiger partial charge is 0.102 e. The molecule has 184 valence electrons. The van der Waals surface area contributed by atoms with Crippen LogP contribution >= 0.6 is 11.3 Å². The maximum Gasteiger partial charge on any atom is 0.102 e. The van der Waals surface area contributed by atoms with Crippen LogP contribution < -0.4 is 0 Å². The molecule has 1 saturated heterocycles. The van der Waals surface area contributed by atoms with E-state index in [9.17, 15) is 5.11 Å². The van der Waals surface area contributed by atoms with Crippen LogP contribution in [0.3, 0.4) is 0 Å². The Morgan fingerprint density at radius 1 is 1.35 bits per heavy atom. The lowest BCUT2D eigenvalue weighted by atomic mass is 9.79. The fraction of sp³-hybridized carbons (Fsp3) is 0.640. The van der Waals surface area contributed by atoms with Gasteiger partial charge in [0.15, 0.2) is 0 Å². The minimum atomic E-state index is -0.659. The maximum absolute atomic E-state index is 10.8. The second-order valence-electron chi connectivity index (χ2n) is 9.93. The van der Waals surface area contributed by atoms with E-state index in [4.69, 9.17) is 4.74 Å². The van der Waals surface area contributed by atoms with Gasteiger partial charge < -0.3 is 9.84 Å². The standard InChI is InChI=1S/C25H36N6O2S/c1-6-20-11-21-23(34-20)7-10-33-25(21)8-9-30(16(2)12-25)13-19-14-31(28-26-19)15-22(32)24-17(3)27-29(5)18(24)4/h11,14,16,22,32H,6-10,12-13,15H2,1-5H3/t16-,22?,25+/m0/s1. The van der Waals surface area contributed by atoms with Crippen molar-refractivity contribution in [2.45, 2.75) is 84.2 Å². The zero-order valence-electron chi connectivity index (χ0n) is 20.9. The van der Waals surface area contributed by atoms with Crippen molar-refractivity contribution in [3.05, 3.63) is 50.2 Å². The SMILES string of the molecule is CCc1cc2c(s1)CCO[C@@]21CCN(Cc2cn(CC(O)c3c(C)nn(C)c3C)nn2)[C@@H](C)C1. The molecule has 8 nitrogen and oxygen atoms in total. The molecule has 1 unspecified atom stereocenters. The Labute approximate surface area is 205 Å². The van der Waals surface area contributed by atoms with Crippen LogP contribution in [0.1, 0.15) is 70.8 Å². The van der Waals surface area contributed by atoms with Crippen molar-refractivity contribution >= 4 is 11.3 Å². The number of rotatable bonds is 6. The summed E-state index contributed by atoms with van der Waals surface area (Å²) in [6.07, 6.45) is 5.46. The van der Waals surface area contributed by atoms with E-state index in [-0.39, 0.29) is 5.60 Å². The van der Waals surface area contributed by atoms with Gasteiger partial charge in [0.25, 0.3) is 0 Å². The molecule has 3 aromatic rings. The molecule has 34 heavy (non-hydrogen) atoms. The molecular weight excluding hydrogens is 448 g/mol. The molecule has 5 heterocycles. The number of piperidine rings is 1. The first-order valence-electron chi connectivity index (χ1n) is 12.4. The van der Waals surface area contributed by atoms with Crippen LogP contribution in [0, 0.1) is 13.8 Å². The Morgan fingerprint density at radius 2 is 2.18 bits per heavy atom. The van der Waals surface area contributed by atoms with E-state index in [0.717, 1.165) is 68.0 Å².